The number of alkyl halides is 3. The van der Waals surface area contributed by atoms with Gasteiger partial charge in [0.25, 0.3) is 5.91 Å². The number of halogens is 3. The quantitative estimate of drug-likeness (QED) is 0.564. The van der Waals surface area contributed by atoms with Crippen molar-refractivity contribution >= 4 is 11.7 Å². The Bertz CT molecular complexity index is 1200. The van der Waals surface area contributed by atoms with Gasteiger partial charge in [0.1, 0.15) is 11.6 Å². The van der Waals surface area contributed by atoms with Crippen LogP contribution in [0.2, 0.25) is 0 Å². The van der Waals surface area contributed by atoms with Gasteiger partial charge < -0.3 is 9.80 Å². The van der Waals surface area contributed by atoms with Crippen LogP contribution in [0.3, 0.4) is 0 Å². The second-order valence-electron chi connectivity index (χ2n) is 8.76. The van der Waals surface area contributed by atoms with Gasteiger partial charge in [0.05, 0.1) is 17.4 Å². The van der Waals surface area contributed by atoms with Crippen LogP contribution < -0.4 is 4.90 Å². The fourth-order valence-electron chi connectivity index (χ4n) is 4.07. The molecule has 0 bridgehead atoms. The molecular formula is C24H27F3N6O. The maximum Gasteiger partial charge on any atom is 0.434 e. The number of carbonyl (C=O) groups is 1. The van der Waals surface area contributed by atoms with Gasteiger partial charge in [0.15, 0.2) is 5.69 Å². The third-order valence-corrected chi connectivity index (χ3v) is 5.88. The normalized spacial score (nSPS) is 14.7. The number of amides is 1. The first-order valence-electron chi connectivity index (χ1n) is 11.2. The summed E-state index contributed by atoms with van der Waals surface area (Å²) in [5.41, 5.74) is 0.278. The minimum Gasteiger partial charge on any atom is -0.353 e. The Balaban J connectivity index is 1.57. The van der Waals surface area contributed by atoms with Gasteiger partial charge in [0, 0.05) is 43.9 Å². The third-order valence-electron chi connectivity index (χ3n) is 5.88. The number of piperazine rings is 1. The van der Waals surface area contributed by atoms with Crippen LogP contribution in [0.15, 0.2) is 36.5 Å². The van der Waals surface area contributed by atoms with Crippen molar-refractivity contribution in [2.75, 3.05) is 31.1 Å². The van der Waals surface area contributed by atoms with Gasteiger partial charge in [-0.3, -0.25) is 4.79 Å². The Labute approximate surface area is 196 Å². The van der Waals surface area contributed by atoms with Crippen LogP contribution in [0, 0.1) is 13.8 Å². The number of anilines is 1. The molecule has 3 heterocycles. The number of hydrogen-bond acceptors (Lipinski definition) is 5. The van der Waals surface area contributed by atoms with E-state index >= 15 is 0 Å². The molecule has 10 heteroatoms. The van der Waals surface area contributed by atoms with Crippen LogP contribution in [0.4, 0.5) is 19.0 Å². The minimum absolute atomic E-state index is 0.173. The molecule has 1 aliphatic rings. The fraction of sp³-hybridized carbons (Fsp3) is 0.417. The van der Waals surface area contributed by atoms with Gasteiger partial charge in [0.2, 0.25) is 0 Å². The smallest absolute Gasteiger partial charge is 0.353 e. The van der Waals surface area contributed by atoms with Crippen LogP contribution in [-0.2, 0) is 6.18 Å². The topological polar surface area (TPSA) is 67.2 Å². The predicted octanol–water partition coefficient (Wildman–Crippen LogP) is 4.38. The van der Waals surface area contributed by atoms with Crippen molar-refractivity contribution in [1.82, 2.24) is 24.6 Å². The van der Waals surface area contributed by atoms with Crippen molar-refractivity contribution in [1.29, 1.82) is 0 Å². The fourth-order valence-corrected chi connectivity index (χ4v) is 4.07. The molecule has 1 fully saturated rings. The van der Waals surface area contributed by atoms with Gasteiger partial charge in [-0.05, 0) is 25.5 Å². The molecule has 0 atom stereocenters. The molecule has 0 radical (unpaired) electrons. The molecule has 7 nitrogen and oxygen atoms in total. The number of aryl methyl sites for hydroxylation is 2. The van der Waals surface area contributed by atoms with Gasteiger partial charge in [-0.2, -0.15) is 18.3 Å². The maximum absolute atomic E-state index is 14.1. The lowest BCUT2D eigenvalue weighted by atomic mass is 10.1. The monoisotopic (exact) mass is 472 g/mol. The lowest BCUT2D eigenvalue weighted by molar-refractivity contribution is -0.143. The van der Waals surface area contributed by atoms with Crippen molar-refractivity contribution in [2.45, 2.75) is 39.8 Å². The highest BCUT2D eigenvalue weighted by molar-refractivity contribution is 5.95. The molecule has 1 aliphatic heterocycles. The maximum atomic E-state index is 14.1. The van der Waals surface area contributed by atoms with Gasteiger partial charge in [-0.1, -0.05) is 32.0 Å². The summed E-state index contributed by atoms with van der Waals surface area (Å²) in [5, 5.41) is 3.95. The number of para-hydroxylation sites is 1. The zero-order chi connectivity index (χ0) is 24.6. The molecular weight excluding hydrogens is 445 g/mol. The number of benzene rings is 1. The molecule has 0 N–H and O–H groups in total. The molecule has 0 spiro atoms. The molecule has 0 unspecified atom stereocenters. The highest BCUT2D eigenvalue weighted by Crippen LogP contribution is 2.35. The minimum atomic E-state index is -4.74. The van der Waals surface area contributed by atoms with E-state index in [9.17, 15) is 18.0 Å². The zero-order valence-electron chi connectivity index (χ0n) is 19.6. The molecule has 0 saturated carbocycles. The van der Waals surface area contributed by atoms with Gasteiger partial charge in [-0.25, -0.2) is 14.6 Å². The predicted molar refractivity (Wildman–Crippen MR) is 122 cm³/mol. The summed E-state index contributed by atoms with van der Waals surface area (Å²) in [6.07, 6.45) is -3.72. The first-order valence-corrected chi connectivity index (χ1v) is 11.2. The molecule has 3 aromatic rings. The summed E-state index contributed by atoms with van der Waals surface area (Å²) >= 11 is 0. The summed E-state index contributed by atoms with van der Waals surface area (Å²) in [6.45, 7) is 9.14. The van der Waals surface area contributed by atoms with E-state index in [1.54, 1.807) is 31.2 Å². The highest BCUT2D eigenvalue weighted by atomic mass is 19.4. The molecule has 1 aromatic carbocycles. The molecule has 1 amide bonds. The molecule has 0 aliphatic carbocycles. The number of hydrogen-bond donors (Lipinski definition) is 0. The first-order chi connectivity index (χ1) is 16.1. The lowest BCUT2D eigenvalue weighted by Gasteiger charge is -2.35. The van der Waals surface area contributed by atoms with Crippen molar-refractivity contribution in [3.63, 3.8) is 0 Å². The SMILES string of the molecule is Cc1cc(N2CCN(C(=O)c3cnn(-c4ccccc4C)c3C(F)(F)F)CC2)nc(C(C)C)n1. The van der Waals surface area contributed by atoms with Gasteiger partial charge >= 0.3 is 6.18 Å². The van der Waals surface area contributed by atoms with E-state index in [-0.39, 0.29) is 19.0 Å². The second-order valence-corrected chi connectivity index (χ2v) is 8.76. The van der Waals surface area contributed by atoms with E-state index in [1.807, 2.05) is 31.7 Å². The molecule has 2 aromatic heterocycles. The van der Waals surface area contributed by atoms with Crippen molar-refractivity contribution in [3.8, 4) is 5.69 Å². The average molecular weight is 473 g/mol. The number of nitrogens with zero attached hydrogens (tertiary/aromatic N) is 6. The van der Waals surface area contributed by atoms with Crippen LogP contribution >= 0.6 is 0 Å². The van der Waals surface area contributed by atoms with Crippen molar-refractivity contribution in [2.24, 2.45) is 0 Å². The van der Waals surface area contributed by atoms with E-state index in [4.69, 9.17) is 0 Å². The second kappa shape index (κ2) is 9.08. The summed E-state index contributed by atoms with van der Waals surface area (Å²) in [4.78, 5) is 25.7. The van der Waals surface area contributed by atoms with E-state index in [0.717, 1.165) is 28.2 Å². The van der Waals surface area contributed by atoms with Crippen LogP contribution in [0.5, 0.6) is 0 Å². The van der Waals surface area contributed by atoms with Gasteiger partial charge in [-0.15, -0.1) is 0 Å². The summed E-state index contributed by atoms with van der Waals surface area (Å²) in [5.74, 6) is 1.01. The first kappa shape index (κ1) is 23.7. The lowest BCUT2D eigenvalue weighted by Crippen LogP contribution is -2.49. The Kier molecular flexibility index (Phi) is 6.33. The number of rotatable bonds is 4. The van der Waals surface area contributed by atoms with Crippen LogP contribution in [-0.4, -0.2) is 56.7 Å². The standard InChI is InChI=1S/C24H27F3N6O/c1-15(2)22-29-17(4)13-20(30-22)31-9-11-32(12-10-31)23(34)18-14-28-33(21(18)24(25,26)27)19-8-6-5-7-16(19)3/h5-8,13-15H,9-12H2,1-4H3. The Morgan fingerprint density at radius 1 is 1.03 bits per heavy atom. The molecule has 34 heavy (non-hydrogen) atoms. The summed E-state index contributed by atoms with van der Waals surface area (Å²) < 4.78 is 43.0. The highest BCUT2D eigenvalue weighted by Gasteiger charge is 2.42. The van der Waals surface area contributed by atoms with Crippen molar-refractivity contribution in [3.05, 3.63) is 64.9 Å². The Hall–Kier alpha value is -3.43. The molecule has 1 saturated heterocycles. The van der Waals surface area contributed by atoms with Crippen LogP contribution in [0.1, 0.15) is 52.9 Å². The Morgan fingerprint density at radius 2 is 1.71 bits per heavy atom. The van der Waals surface area contributed by atoms with Crippen molar-refractivity contribution < 1.29 is 18.0 Å². The Morgan fingerprint density at radius 3 is 2.32 bits per heavy atom. The molecule has 180 valence electrons. The van der Waals surface area contributed by atoms with E-state index in [1.165, 1.54) is 4.90 Å². The van der Waals surface area contributed by atoms with E-state index < -0.39 is 23.3 Å². The number of carbonyl (C=O) groups excluding carboxylic acids is 1. The molecule has 4 rings (SSSR count). The number of aromatic nitrogens is 4. The largest absolute Gasteiger partial charge is 0.434 e. The van der Waals surface area contributed by atoms with E-state index in [2.05, 4.69) is 15.1 Å². The third kappa shape index (κ3) is 4.62. The summed E-state index contributed by atoms with van der Waals surface area (Å²) in [6, 6.07) is 8.53. The summed E-state index contributed by atoms with van der Waals surface area (Å²) in [7, 11) is 0. The zero-order valence-corrected chi connectivity index (χ0v) is 19.6. The van der Waals surface area contributed by atoms with E-state index in [0.29, 0.717) is 24.3 Å². The van der Waals surface area contributed by atoms with Crippen LogP contribution in [0.25, 0.3) is 5.69 Å². The average Bonchev–Trinajstić information content (AvgIpc) is 3.24.